The molecule has 1 saturated heterocycles. The zero-order valence-corrected chi connectivity index (χ0v) is 16.6. The summed E-state index contributed by atoms with van der Waals surface area (Å²) >= 11 is 0. The molecule has 1 aromatic rings. The van der Waals surface area contributed by atoms with Crippen LogP contribution in [-0.2, 0) is 15.1 Å². The van der Waals surface area contributed by atoms with Crippen LogP contribution < -0.4 is 5.32 Å². The van der Waals surface area contributed by atoms with Gasteiger partial charge in [-0.05, 0) is 37.0 Å². The van der Waals surface area contributed by atoms with Crippen molar-refractivity contribution >= 4 is 5.91 Å². The summed E-state index contributed by atoms with van der Waals surface area (Å²) in [4.78, 5) is 17.4. The van der Waals surface area contributed by atoms with Crippen LogP contribution in [0.2, 0.25) is 0 Å². The summed E-state index contributed by atoms with van der Waals surface area (Å²) in [7, 11) is 0. The smallest absolute Gasteiger partial charge is 0.252 e. The third-order valence-corrected chi connectivity index (χ3v) is 6.03. The molecule has 146 valence electrons. The molecule has 0 unspecified atom stereocenters. The molecule has 2 fully saturated rings. The van der Waals surface area contributed by atoms with E-state index in [2.05, 4.69) is 29.3 Å². The fourth-order valence-electron chi connectivity index (χ4n) is 4.02. The van der Waals surface area contributed by atoms with E-state index in [-0.39, 0.29) is 11.8 Å². The van der Waals surface area contributed by atoms with Crippen LogP contribution in [0.15, 0.2) is 4.52 Å². The Morgan fingerprint density at radius 2 is 1.85 bits per heavy atom. The van der Waals surface area contributed by atoms with Gasteiger partial charge in [0.2, 0.25) is 5.91 Å². The molecule has 0 radical (unpaired) electrons. The Kier molecular flexibility index (Phi) is 5.70. The highest BCUT2D eigenvalue weighted by Crippen LogP contribution is 2.39. The third-order valence-electron chi connectivity index (χ3n) is 6.03. The predicted octanol–water partition coefficient (Wildman–Crippen LogP) is 3.92. The van der Waals surface area contributed by atoms with Crippen LogP contribution in [0.25, 0.3) is 0 Å². The normalized spacial score (nSPS) is 23.1. The quantitative estimate of drug-likeness (QED) is 0.858. The van der Waals surface area contributed by atoms with E-state index >= 15 is 0 Å². The van der Waals surface area contributed by atoms with Crippen molar-refractivity contribution in [3.8, 4) is 0 Å². The van der Waals surface area contributed by atoms with Crippen LogP contribution in [0.3, 0.4) is 0 Å². The number of nitrogens with one attached hydrogen (secondary N) is 1. The second-order valence-electron chi connectivity index (χ2n) is 9.17. The number of carbonyl (C=O) groups excluding carboxylic acids is 1. The van der Waals surface area contributed by atoms with Gasteiger partial charge in [0.15, 0.2) is 5.82 Å². The molecule has 1 aliphatic carbocycles. The lowest BCUT2D eigenvalue weighted by Gasteiger charge is -2.36. The fourth-order valence-corrected chi connectivity index (χ4v) is 4.02. The van der Waals surface area contributed by atoms with Crippen LogP contribution in [0, 0.1) is 11.3 Å². The van der Waals surface area contributed by atoms with Gasteiger partial charge >= 0.3 is 0 Å². The summed E-state index contributed by atoms with van der Waals surface area (Å²) in [5, 5.41) is 7.35. The number of aromatic nitrogens is 2. The molecule has 1 amide bonds. The SMILES string of the molecule is CC(C)c1noc(C2(NC(=O)CC3CCC(C)(C)CC3)CCOCC2)n1. The van der Waals surface area contributed by atoms with E-state index in [0.29, 0.717) is 55.5 Å². The molecule has 0 aromatic carbocycles. The Balaban J connectivity index is 1.67. The van der Waals surface area contributed by atoms with Gasteiger partial charge in [-0.1, -0.05) is 32.9 Å². The maximum Gasteiger partial charge on any atom is 0.252 e. The Labute approximate surface area is 156 Å². The zero-order chi connectivity index (χ0) is 18.8. The first-order valence-corrected chi connectivity index (χ1v) is 10.0. The van der Waals surface area contributed by atoms with Crippen molar-refractivity contribution in [2.24, 2.45) is 11.3 Å². The summed E-state index contributed by atoms with van der Waals surface area (Å²) in [5.41, 5.74) is -0.157. The summed E-state index contributed by atoms with van der Waals surface area (Å²) < 4.78 is 11.1. The molecule has 6 heteroatoms. The fraction of sp³-hybridized carbons (Fsp3) is 0.850. The zero-order valence-electron chi connectivity index (χ0n) is 16.6. The van der Waals surface area contributed by atoms with Crippen LogP contribution >= 0.6 is 0 Å². The first-order chi connectivity index (χ1) is 12.3. The Hall–Kier alpha value is -1.43. The number of hydrogen-bond acceptors (Lipinski definition) is 5. The number of amides is 1. The Morgan fingerprint density at radius 3 is 2.42 bits per heavy atom. The number of ether oxygens (including phenoxy) is 1. The molecular formula is C20H33N3O3. The Morgan fingerprint density at radius 1 is 1.19 bits per heavy atom. The van der Waals surface area contributed by atoms with Crippen molar-refractivity contribution in [1.29, 1.82) is 0 Å². The molecule has 0 spiro atoms. The van der Waals surface area contributed by atoms with Crippen molar-refractivity contribution in [3.63, 3.8) is 0 Å². The lowest BCUT2D eigenvalue weighted by Crippen LogP contribution is -2.50. The van der Waals surface area contributed by atoms with Crippen LogP contribution in [-0.4, -0.2) is 29.3 Å². The van der Waals surface area contributed by atoms with E-state index in [9.17, 15) is 4.79 Å². The molecular weight excluding hydrogens is 330 g/mol. The molecule has 26 heavy (non-hydrogen) atoms. The highest BCUT2D eigenvalue weighted by molar-refractivity contribution is 5.77. The predicted molar refractivity (Wildman–Crippen MR) is 98.6 cm³/mol. The van der Waals surface area contributed by atoms with Gasteiger partial charge in [0.05, 0.1) is 0 Å². The lowest BCUT2D eigenvalue weighted by molar-refractivity contribution is -0.126. The second kappa shape index (κ2) is 7.67. The summed E-state index contributed by atoms with van der Waals surface area (Å²) in [6, 6.07) is 0. The van der Waals surface area contributed by atoms with Gasteiger partial charge in [-0.25, -0.2) is 0 Å². The van der Waals surface area contributed by atoms with Gasteiger partial charge < -0.3 is 14.6 Å². The first-order valence-electron chi connectivity index (χ1n) is 10.0. The Bertz CT molecular complexity index is 608. The van der Waals surface area contributed by atoms with Gasteiger partial charge in [0, 0.05) is 38.4 Å². The van der Waals surface area contributed by atoms with Crippen molar-refractivity contribution in [2.45, 2.75) is 84.1 Å². The molecule has 2 aliphatic rings. The molecule has 1 N–H and O–H groups in total. The van der Waals surface area contributed by atoms with Crippen molar-refractivity contribution < 1.29 is 14.1 Å². The van der Waals surface area contributed by atoms with Gasteiger partial charge in [-0.3, -0.25) is 4.79 Å². The van der Waals surface area contributed by atoms with Crippen LogP contribution in [0.1, 0.15) is 90.3 Å². The van der Waals surface area contributed by atoms with E-state index in [1.54, 1.807) is 0 Å². The van der Waals surface area contributed by atoms with E-state index in [0.717, 1.165) is 12.8 Å². The number of hydrogen-bond donors (Lipinski definition) is 1. The van der Waals surface area contributed by atoms with Crippen LogP contribution in [0.5, 0.6) is 0 Å². The minimum absolute atomic E-state index is 0.0981. The van der Waals surface area contributed by atoms with Gasteiger partial charge in [-0.15, -0.1) is 0 Å². The van der Waals surface area contributed by atoms with Gasteiger partial charge in [-0.2, -0.15) is 4.98 Å². The third kappa shape index (κ3) is 4.45. The minimum Gasteiger partial charge on any atom is -0.381 e. The highest BCUT2D eigenvalue weighted by Gasteiger charge is 2.42. The molecule has 1 aliphatic heterocycles. The van der Waals surface area contributed by atoms with Gasteiger partial charge in [0.25, 0.3) is 5.89 Å². The van der Waals surface area contributed by atoms with Crippen molar-refractivity contribution in [1.82, 2.24) is 15.5 Å². The van der Waals surface area contributed by atoms with Crippen molar-refractivity contribution in [2.75, 3.05) is 13.2 Å². The molecule has 6 nitrogen and oxygen atoms in total. The van der Waals surface area contributed by atoms with Gasteiger partial charge in [0.1, 0.15) is 5.54 Å². The van der Waals surface area contributed by atoms with E-state index in [1.807, 2.05) is 13.8 Å². The molecule has 3 rings (SSSR count). The van der Waals surface area contributed by atoms with E-state index in [4.69, 9.17) is 9.26 Å². The second-order valence-corrected chi connectivity index (χ2v) is 9.17. The molecule has 0 bridgehead atoms. The van der Waals surface area contributed by atoms with Crippen LogP contribution in [0.4, 0.5) is 0 Å². The summed E-state index contributed by atoms with van der Waals surface area (Å²) in [6.07, 6.45) is 6.61. The largest absolute Gasteiger partial charge is 0.381 e. The average molecular weight is 364 g/mol. The van der Waals surface area contributed by atoms with E-state index in [1.165, 1.54) is 12.8 Å². The first kappa shape index (κ1) is 19.3. The molecule has 0 atom stereocenters. The molecule has 1 aromatic heterocycles. The van der Waals surface area contributed by atoms with E-state index < -0.39 is 5.54 Å². The molecule has 2 heterocycles. The topological polar surface area (TPSA) is 77.2 Å². The average Bonchev–Trinajstić information content (AvgIpc) is 3.09. The van der Waals surface area contributed by atoms with Crippen molar-refractivity contribution in [3.05, 3.63) is 11.7 Å². The summed E-state index contributed by atoms with van der Waals surface area (Å²) in [6.45, 7) is 9.90. The molecule has 1 saturated carbocycles. The number of carbonyl (C=O) groups is 1. The number of nitrogens with zero attached hydrogens (tertiary/aromatic N) is 2. The monoisotopic (exact) mass is 363 g/mol. The lowest BCUT2D eigenvalue weighted by atomic mass is 9.72. The number of rotatable bonds is 5. The highest BCUT2D eigenvalue weighted by atomic mass is 16.5. The minimum atomic E-state index is -0.580. The summed E-state index contributed by atoms with van der Waals surface area (Å²) in [5.74, 6) is 2.00. The maximum absolute atomic E-state index is 12.8. The maximum atomic E-state index is 12.8. The standard InChI is InChI=1S/C20H33N3O3/c1-14(2)17-21-18(26-23-17)20(9-11-25-12-10-20)22-16(24)13-15-5-7-19(3,4)8-6-15/h14-15H,5-13H2,1-4H3,(H,22,24).